The lowest BCUT2D eigenvalue weighted by Gasteiger charge is -2.15. The average molecular weight is 363 g/mol. The summed E-state index contributed by atoms with van der Waals surface area (Å²) in [6.45, 7) is 7.05. The number of rotatable bonds is 10. The van der Waals surface area contributed by atoms with Gasteiger partial charge in [-0.05, 0) is 38.3 Å². The molecular formula is C19H30N4OS. The van der Waals surface area contributed by atoms with E-state index in [1.54, 1.807) is 0 Å². The predicted octanol–water partition coefficient (Wildman–Crippen LogP) is 2.78. The van der Waals surface area contributed by atoms with Crippen LogP contribution in [0.4, 0.5) is 0 Å². The summed E-state index contributed by atoms with van der Waals surface area (Å²) in [5.74, 6) is 0.884. The Balaban J connectivity index is 1.79. The fourth-order valence-corrected chi connectivity index (χ4v) is 3.61. The molecule has 5 nitrogen and oxygen atoms in total. The highest BCUT2D eigenvalue weighted by molar-refractivity contribution is 8.01. The van der Waals surface area contributed by atoms with E-state index in [1.165, 1.54) is 17.7 Å². The van der Waals surface area contributed by atoms with Crippen LogP contribution in [-0.4, -0.2) is 42.8 Å². The molecule has 0 radical (unpaired) electrons. The van der Waals surface area contributed by atoms with Crippen LogP contribution < -0.4 is 16.0 Å². The number of hydrogen-bond acceptors (Lipinski definition) is 3. The number of thioether (sulfide) groups is 1. The van der Waals surface area contributed by atoms with E-state index in [0.717, 1.165) is 32.0 Å². The molecule has 1 aromatic rings. The molecule has 138 valence electrons. The first kappa shape index (κ1) is 19.6. The molecule has 25 heavy (non-hydrogen) atoms. The Hall–Kier alpha value is -1.69. The van der Waals surface area contributed by atoms with Crippen LogP contribution in [0, 0.1) is 0 Å². The summed E-state index contributed by atoms with van der Waals surface area (Å²) in [7, 11) is 0. The second-order valence-corrected chi connectivity index (χ2v) is 7.86. The molecule has 0 saturated heterocycles. The Morgan fingerprint density at radius 2 is 1.88 bits per heavy atom. The van der Waals surface area contributed by atoms with Crippen molar-refractivity contribution in [2.45, 2.75) is 49.2 Å². The van der Waals surface area contributed by atoms with Crippen LogP contribution >= 0.6 is 11.8 Å². The van der Waals surface area contributed by atoms with Crippen molar-refractivity contribution < 1.29 is 4.79 Å². The van der Waals surface area contributed by atoms with E-state index in [9.17, 15) is 4.79 Å². The number of carbonyl (C=O) groups is 1. The van der Waals surface area contributed by atoms with E-state index < -0.39 is 0 Å². The van der Waals surface area contributed by atoms with E-state index in [4.69, 9.17) is 4.99 Å². The molecule has 2 rings (SSSR count). The Labute approximate surface area is 155 Å². The number of aliphatic imine (C=N–C) groups is 1. The van der Waals surface area contributed by atoms with E-state index in [-0.39, 0.29) is 10.7 Å². The molecule has 0 heterocycles. The highest BCUT2D eigenvalue weighted by Gasteiger charge is 2.43. The zero-order valence-corrected chi connectivity index (χ0v) is 16.1. The number of guanidine groups is 1. The summed E-state index contributed by atoms with van der Waals surface area (Å²) in [4.78, 5) is 17.7. The topological polar surface area (TPSA) is 65.5 Å². The molecule has 1 aromatic carbocycles. The maximum atomic E-state index is 11.7. The molecule has 0 bridgehead atoms. The molecule has 1 fully saturated rings. The third-order valence-electron chi connectivity index (χ3n) is 3.97. The van der Waals surface area contributed by atoms with Crippen LogP contribution in [0.1, 0.15) is 39.5 Å². The van der Waals surface area contributed by atoms with E-state index >= 15 is 0 Å². The van der Waals surface area contributed by atoms with Gasteiger partial charge in [0, 0.05) is 35.7 Å². The number of nitrogens with one attached hydrogen (secondary N) is 3. The lowest BCUT2D eigenvalue weighted by Crippen LogP contribution is -2.40. The van der Waals surface area contributed by atoms with Crippen molar-refractivity contribution in [1.82, 2.24) is 16.0 Å². The molecule has 1 amide bonds. The number of carbonyl (C=O) groups excluding carboxylic acids is 1. The summed E-state index contributed by atoms with van der Waals surface area (Å²) in [5.41, 5.74) is 0. The van der Waals surface area contributed by atoms with Crippen LogP contribution in [0.15, 0.2) is 40.2 Å². The van der Waals surface area contributed by atoms with Crippen molar-refractivity contribution in [1.29, 1.82) is 0 Å². The summed E-state index contributed by atoms with van der Waals surface area (Å²) >= 11 is 1.93. The van der Waals surface area contributed by atoms with Crippen LogP contribution in [-0.2, 0) is 4.79 Å². The maximum Gasteiger partial charge on any atom is 0.221 e. The third-order valence-corrected chi connectivity index (χ3v) is 5.45. The van der Waals surface area contributed by atoms with E-state index in [1.807, 2.05) is 17.8 Å². The molecule has 0 atom stereocenters. The first-order valence-corrected chi connectivity index (χ1v) is 10.0. The molecule has 0 unspecified atom stereocenters. The largest absolute Gasteiger partial charge is 0.357 e. The van der Waals surface area contributed by atoms with Gasteiger partial charge in [0.1, 0.15) is 0 Å². The summed E-state index contributed by atoms with van der Waals surface area (Å²) < 4.78 is 0.238. The van der Waals surface area contributed by atoms with Gasteiger partial charge in [-0.25, -0.2) is 0 Å². The smallest absolute Gasteiger partial charge is 0.221 e. The second kappa shape index (κ2) is 10.3. The number of hydrogen-bond donors (Lipinski definition) is 3. The first-order chi connectivity index (χ1) is 12.2. The van der Waals surface area contributed by atoms with Crippen LogP contribution in [0.2, 0.25) is 0 Å². The Morgan fingerprint density at radius 3 is 2.52 bits per heavy atom. The number of amides is 1. The molecular weight excluding hydrogens is 332 g/mol. The third kappa shape index (κ3) is 7.38. The highest BCUT2D eigenvalue weighted by atomic mass is 32.2. The van der Waals surface area contributed by atoms with Crippen molar-refractivity contribution in [3.05, 3.63) is 30.3 Å². The Kier molecular flexibility index (Phi) is 8.12. The summed E-state index contributed by atoms with van der Waals surface area (Å²) in [5, 5.41) is 9.41. The fraction of sp³-hybridized carbons (Fsp3) is 0.579. The molecule has 6 heteroatoms. The van der Waals surface area contributed by atoms with Gasteiger partial charge in [-0.15, -0.1) is 11.8 Å². The zero-order valence-electron chi connectivity index (χ0n) is 15.3. The predicted molar refractivity (Wildman–Crippen MR) is 106 cm³/mol. The lowest BCUT2D eigenvalue weighted by molar-refractivity contribution is -0.120. The molecule has 0 spiro atoms. The molecule has 1 aliphatic rings. The second-order valence-electron chi connectivity index (χ2n) is 6.32. The minimum Gasteiger partial charge on any atom is -0.357 e. The number of nitrogens with zero attached hydrogens (tertiary/aromatic N) is 1. The van der Waals surface area contributed by atoms with E-state index in [2.05, 4.69) is 54.1 Å². The van der Waals surface area contributed by atoms with Gasteiger partial charge in [-0.3, -0.25) is 9.79 Å². The van der Waals surface area contributed by atoms with Gasteiger partial charge in [0.2, 0.25) is 5.91 Å². The Morgan fingerprint density at radius 1 is 1.12 bits per heavy atom. The van der Waals surface area contributed by atoms with Crippen molar-refractivity contribution in [2.24, 2.45) is 4.99 Å². The minimum absolute atomic E-state index is 0.0866. The van der Waals surface area contributed by atoms with E-state index in [0.29, 0.717) is 13.0 Å². The SMILES string of the molecule is CCCNC(=O)CCNC(=NCC1(Sc2ccccc2)CC1)NCC. The van der Waals surface area contributed by atoms with Crippen LogP contribution in [0.5, 0.6) is 0 Å². The summed E-state index contributed by atoms with van der Waals surface area (Å²) in [6, 6.07) is 10.5. The van der Waals surface area contributed by atoms with Crippen molar-refractivity contribution >= 4 is 23.6 Å². The monoisotopic (exact) mass is 362 g/mol. The van der Waals surface area contributed by atoms with Gasteiger partial charge in [0.15, 0.2) is 5.96 Å². The zero-order chi connectivity index (χ0) is 18.0. The van der Waals surface area contributed by atoms with Gasteiger partial charge in [0.05, 0.1) is 6.54 Å². The molecule has 3 N–H and O–H groups in total. The number of benzene rings is 1. The molecule has 0 aromatic heterocycles. The van der Waals surface area contributed by atoms with Gasteiger partial charge in [0.25, 0.3) is 0 Å². The lowest BCUT2D eigenvalue weighted by atomic mass is 10.3. The van der Waals surface area contributed by atoms with Gasteiger partial charge in [-0.2, -0.15) is 0 Å². The average Bonchev–Trinajstić information content (AvgIpc) is 3.38. The quantitative estimate of drug-likeness (QED) is 0.442. The first-order valence-electron chi connectivity index (χ1n) is 9.20. The van der Waals surface area contributed by atoms with Crippen molar-refractivity contribution in [3.63, 3.8) is 0 Å². The Bertz CT molecular complexity index is 558. The van der Waals surface area contributed by atoms with Crippen LogP contribution in [0.25, 0.3) is 0 Å². The molecule has 1 aliphatic carbocycles. The van der Waals surface area contributed by atoms with Crippen molar-refractivity contribution in [3.8, 4) is 0 Å². The molecule has 0 aliphatic heterocycles. The standard InChI is InChI=1S/C19H30N4OS/c1-3-13-21-17(24)10-14-22-18(20-4-2)23-15-19(11-12-19)25-16-8-6-5-7-9-16/h5-9H,3-4,10-15H2,1-2H3,(H,21,24)(H2,20,22,23). The highest BCUT2D eigenvalue weighted by Crippen LogP contribution is 2.51. The fourth-order valence-electron chi connectivity index (χ4n) is 2.38. The summed E-state index contributed by atoms with van der Waals surface area (Å²) in [6.07, 6.45) is 3.84. The van der Waals surface area contributed by atoms with Gasteiger partial charge < -0.3 is 16.0 Å². The normalized spacial score (nSPS) is 15.5. The maximum absolute atomic E-state index is 11.7. The van der Waals surface area contributed by atoms with Crippen LogP contribution in [0.3, 0.4) is 0 Å². The minimum atomic E-state index is 0.0866. The molecule has 1 saturated carbocycles. The van der Waals surface area contributed by atoms with Gasteiger partial charge in [-0.1, -0.05) is 25.1 Å². The van der Waals surface area contributed by atoms with Gasteiger partial charge >= 0.3 is 0 Å². The van der Waals surface area contributed by atoms with Crippen molar-refractivity contribution in [2.75, 3.05) is 26.2 Å².